The normalized spacial score (nSPS) is 13.6. The van der Waals surface area contributed by atoms with Crippen LogP contribution < -0.4 is 0 Å². The molecule has 0 bridgehead atoms. The maximum absolute atomic E-state index is 3.30. The summed E-state index contributed by atoms with van der Waals surface area (Å²) in [5, 5.41) is 0. The van der Waals surface area contributed by atoms with Crippen molar-refractivity contribution in [3.63, 3.8) is 0 Å². The Morgan fingerprint density at radius 3 is 1.75 bits per heavy atom. The van der Waals surface area contributed by atoms with Crippen molar-refractivity contribution in [3.05, 3.63) is 48.1 Å². The molecule has 0 aromatic heterocycles. The number of rotatable bonds is 0. The average molecular weight is 541 g/mol. The van der Waals surface area contributed by atoms with Gasteiger partial charge in [-0.25, -0.2) is 23.8 Å². The van der Waals surface area contributed by atoms with E-state index in [9.17, 15) is 0 Å². The average Bonchev–Trinajstić information content (AvgIpc) is 2.95. The van der Waals surface area contributed by atoms with Crippen molar-refractivity contribution in [1.82, 2.24) is 0 Å². The smallest absolute Gasteiger partial charge is 0 e. The van der Waals surface area contributed by atoms with E-state index in [0.717, 1.165) is 12.8 Å². The SMILES string of the molecule is CC(C)(C)C1=[C-]CC=C1.Cl.Cl.[C-]1=CC=CC1.[CH3][GeH][CH3].[Hf]. The predicted molar refractivity (Wildman–Crippen MR) is 94.9 cm³/mol. The van der Waals surface area contributed by atoms with Crippen molar-refractivity contribution >= 4 is 40.2 Å². The molecule has 0 atom stereocenters. The van der Waals surface area contributed by atoms with Crippen molar-refractivity contribution in [2.24, 2.45) is 5.41 Å². The van der Waals surface area contributed by atoms with Gasteiger partial charge in [0.15, 0.2) is 0 Å². The summed E-state index contributed by atoms with van der Waals surface area (Å²) < 4.78 is 0. The zero-order valence-corrected chi connectivity index (χ0v) is 20.8. The molecule has 0 N–H and O–H groups in total. The Morgan fingerprint density at radius 2 is 1.60 bits per heavy atom. The first-order valence-electron chi connectivity index (χ1n) is 6.26. The third-order valence-corrected chi connectivity index (χ3v) is 2.09. The van der Waals surface area contributed by atoms with Gasteiger partial charge < -0.3 is 0 Å². The Kier molecular flexibility index (Phi) is 26.1. The largest absolute Gasteiger partial charge is 0 e. The van der Waals surface area contributed by atoms with Gasteiger partial charge >= 0.3 is 26.9 Å². The first-order chi connectivity index (χ1) is 8.02. The molecule has 0 saturated heterocycles. The molecule has 0 aromatic rings. The summed E-state index contributed by atoms with van der Waals surface area (Å²) in [4.78, 5) is 0. The summed E-state index contributed by atoms with van der Waals surface area (Å²) in [5.41, 5.74) is 1.65. The molecular weight excluding hydrogens is 514 g/mol. The fraction of sp³-hybridized carbons (Fsp3) is 0.500. The van der Waals surface area contributed by atoms with Gasteiger partial charge in [0.1, 0.15) is 0 Å². The standard InChI is InChI=1S/C9H13.C5H5.C2H7Ge.2ClH.Hf/c1-9(2,3)8-6-4-5-7-8;1-2-4-5-3-1;1-3-2;;;/h4,6H,5H2,1-3H3;1-3H,4H2;3H,1-2H3;2*1H;/q2*-1;;;;. The van der Waals surface area contributed by atoms with E-state index >= 15 is 0 Å². The molecule has 0 aliphatic heterocycles. The van der Waals surface area contributed by atoms with Crippen LogP contribution >= 0.6 is 24.8 Å². The molecule has 4 heteroatoms. The van der Waals surface area contributed by atoms with E-state index < -0.39 is 0 Å². The second-order valence-electron chi connectivity index (χ2n) is 5.03. The van der Waals surface area contributed by atoms with Crippen LogP contribution in [0, 0.1) is 17.6 Å². The van der Waals surface area contributed by atoms with Crippen molar-refractivity contribution in [1.29, 1.82) is 0 Å². The summed E-state index contributed by atoms with van der Waals surface area (Å²) >= 11 is 0.312. The number of halogens is 2. The zero-order valence-electron chi connectivity index (χ0n) is 13.2. The summed E-state index contributed by atoms with van der Waals surface area (Å²) in [7, 11) is 0. The summed E-state index contributed by atoms with van der Waals surface area (Å²) in [5.74, 6) is 4.56. The van der Waals surface area contributed by atoms with Crippen LogP contribution in [0.3, 0.4) is 0 Å². The van der Waals surface area contributed by atoms with Crippen LogP contribution in [-0.2, 0) is 25.8 Å². The van der Waals surface area contributed by atoms with Gasteiger partial charge in [-0.15, -0.1) is 37.7 Å². The Bertz CT molecular complexity index is 303. The van der Waals surface area contributed by atoms with Crippen LogP contribution in [0.2, 0.25) is 11.5 Å². The Labute approximate surface area is 163 Å². The van der Waals surface area contributed by atoms with Gasteiger partial charge in [0.05, 0.1) is 0 Å². The van der Waals surface area contributed by atoms with E-state index in [-0.39, 0.29) is 50.7 Å². The minimum Gasteiger partial charge on any atom is 0 e. The molecule has 115 valence electrons. The van der Waals surface area contributed by atoms with Crippen molar-refractivity contribution in [2.75, 3.05) is 0 Å². The second-order valence-corrected chi connectivity index (χ2v) is 7.45. The van der Waals surface area contributed by atoms with Gasteiger partial charge in [-0.05, 0) is 5.41 Å². The first kappa shape index (κ1) is 29.0. The molecule has 0 heterocycles. The topological polar surface area (TPSA) is 0 Å². The van der Waals surface area contributed by atoms with Crippen LogP contribution in [0.25, 0.3) is 0 Å². The number of allylic oxidation sites excluding steroid dienone is 8. The molecule has 0 unspecified atom stereocenters. The van der Waals surface area contributed by atoms with E-state index in [1.54, 1.807) is 0 Å². The van der Waals surface area contributed by atoms with Gasteiger partial charge in [-0.3, -0.25) is 12.2 Å². The Morgan fingerprint density at radius 1 is 1.05 bits per heavy atom. The van der Waals surface area contributed by atoms with Crippen LogP contribution in [-0.4, -0.2) is 15.4 Å². The Balaban J connectivity index is -0.000000102. The van der Waals surface area contributed by atoms with Crippen molar-refractivity contribution < 1.29 is 25.8 Å². The Hall–Kier alpha value is 0.953. The fourth-order valence-electron chi connectivity index (χ4n) is 1.26. The van der Waals surface area contributed by atoms with Crippen LogP contribution in [0.4, 0.5) is 0 Å². The predicted octanol–water partition coefficient (Wildman–Crippen LogP) is 5.39. The van der Waals surface area contributed by atoms with Crippen molar-refractivity contribution in [3.8, 4) is 0 Å². The van der Waals surface area contributed by atoms with Gasteiger partial charge in [-0.1, -0.05) is 20.8 Å². The number of hydrogen-bond acceptors (Lipinski definition) is 0. The van der Waals surface area contributed by atoms with Crippen LogP contribution in [0.5, 0.6) is 0 Å². The molecule has 2 aliphatic rings. The van der Waals surface area contributed by atoms with E-state index in [1.807, 2.05) is 12.2 Å². The molecule has 0 aromatic carbocycles. The molecule has 0 saturated carbocycles. The number of hydrogen-bond donors (Lipinski definition) is 0. The first-order valence-corrected chi connectivity index (χ1v) is 11.1. The van der Waals surface area contributed by atoms with Gasteiger partial charge in [0.25, 0.3) is 0 Å². The minimum absolute atomic E-state index is 0. The summed E-state index contributed by atoms with van der Waals surface area (Å²) in [6, 6.07) is 0. The minimum atomic E-state index is 0. The molecule has 0 spiro atoms. The molecule has 1 radical (unpaired) electrons. The monoisotopic (exact) mass is 543 g/mol. The van der Waals surface area contributed by atoms with Gasteiger partial charge in [0, 0.05) is 25.8 Å². The van der Waals surface area contributed by atoms with E-state index in [4.69, 9.17) is 0 Å². The molecule has 2 rings (SSSR count). The summed E-state index contributed by atoms with van der Waals surface area (Å²) in [6.45, 7) is 6.64. The molecule has 0 amide bonds. The maximum Gasteiger partial charge on any atom is 0 e. The van der Waals surface area contributed by atoms with Crippen molar-refractivity contribution in [2.45, 2.75) is 45.1 Å². The van der Waals surface area contributed by atoms with Crippen LogP contribution in [0.1, 0.15) is 33.6 Å². The quantitative estimate of drug-likeness (QED) is 0.285. The van der Waals surface area contributed by atoms with E-state index in [2.05, 4.69) is 62.7 Å². The molecular formula is C16H27Cl2GeHf-2. The van der Waals surface area contributed by atoms with Gasteiger partial charge in [0.2, 0.25) is 0 Å². The van der Waals surface area contributed by atoms with Crippen LogP contribution in [0.15, 0.2) is 36.0 Å². The molecule has 0 fully saturated rings. The summed E-state index contributed by atoms with van der Waals surface area (Å²) in [6.07, 6.45) is 18.6. The van der Waals surface area contributed by atoms with E-state index in [1.165, 1.54) is 5.57 Å². The maximum atomic E-state index is 3.30. The fourth-order valence-corrected chi connectivity index (χ4v) is 1.26. The molecule has 2 aliphatic carbocycles. The molecule has 20 heavy (non-hydrogen) atoms. The third-order valence-electron chi connectivity index (χ3n) is 2.09. The van der Waals surface area contributed by atoms with E-state index in [0.29, 0.717) is 20.8 Å². The second kappa shape index (κ2) is 18.0. The van der Waals surface area contributed by atoms with Gasteiger partial charge in [-0.2, -0.15) is 12.2 Å². The molecule has 0 nitrogen and oxygen atoms in total. The zero-order chi connectivity index (χ0) is 13.1. The third kappa shape index (κ3) is 17.0.